The molecule has 2 aliphatic heterocycles. The number of anilines is 1. The van der Waals surface area contributed by atoms with Gasteiger partial charge in [0.05, 0.1) is 17.7 Å². The van der Waals surface area contributed by atoms with Crippen LogP contribution in [0.5, 0.6) is 0 Å². The Morgan fingerprint density at radius 2 is 1.82 bits per heavy atom. The van der Waals surface area contributed by atoms with E-state index in [0.717, 1.165) is 31.9 Å². The predicted molar refractivity (Wildman–Crippen MR) is 117 cm³/mol. The summed E-state index contributed by atoms with van der Waals surface area (Å²) in [5.41, 5.74) is -0.325. The van der Waals surface area contributed by atoms with Crippen LogP contribution in [0.1, 0.15) is 36.2 Å². The Morgan fingerprint density at radius 1 is 1.06 bits per heavy atom. The molecule has 11 heteroatoms. The number of hydrogen-bond acceptors (Lipinski definition) is 7. The molecule has 2 saturated heterocycles. The van der Waals surface area contributed by atoms with E-state index in [-0.39, 0.29) is 16.8 Å². The minimum Gasteiger partial charge on any atom is -0.380 e. The highest BCUT2D eigenvalue weighted by Gasteiger charge is 2.34. The average Bonchev–Trinajstić information content (AvgIpc) is 3.45. The molecule has 182 valence electrons. The molecule has 5 rings (SSSR count). The molecule has 1 atom stereocenters. The highest BCUT2D eigenvalue weighted by molar-refractivity contribution is 5.93. The number of hydrogen-bond donors (Lipinski definition) is 1. The van der Waals surface area contributed by atoms with E-state index in [1.807, 2.05) is 4.90 Å². The fourth-order valence-electron chi connectivity index (χ4n) is 4.77. The van der Waals surface area contributed by atoms with Gasteiger partial charge in [-0.25, -0.2) is 9.37 Å². The number of nitrogens with zero attached hydrogens (tertiary/aromatic N) is 4. The third-order valence-corrected chi connectivity index (χ3v) is 6.55. The molecule has 34 heavy (non-hydrogen) atoms. The first kappa shape index (κ1) is 23.0. The lowest BCUT2D eigenvalue weighted by Crippen LogP contribution is -2.46. The maximum Gasteiger partial charge on any atom is 0.416 e. The van der Waals surface area contributed by atoms with Crippen molar-refractivity contribution in [3.8, 4) is 11.5 Å². The predicted octanol–water partition coefficient (Wildman–Crippen LogP) is 4.41. The summed E-state index contributed by atoms with van der Waals surface area (Å²) in [5.74, 6) is -0.0342. The van der Waals surface area contributed by atoms with Crippen molar-refractivity contribution < 1.29 is 26.8 Å². The van der Waals surface area contributed by atoms with Gasteiger partial charge in [0.2, 0.25) is 0 Å². The standard InChI is InChI=1S/C23H25F4N5O2/c1-12-17-9-14(23(25,26)27)10-18(24)20(17)30-21(19(12)22-28-13(2)31-34-22)32-6-3-15(4-7-32)29-16-5-8-33-11-16/h9-10,15-16,29H,3-8,11H2,1-2H3/t16-/m1/s1. The fraction of sp³-hybridized carbons (Fsp3) is 0.522. The summed E-state index contributed by atoms with van der Waals surface area (Å²) in [6.45, 7) is 6.06. The Labute approximate surface area is 193 Å². The van der Waals surface area contributed by atoms with Gasteiger partial charge in [-0.1, -0.05) is 5.16 Å². The van der Waals surface area contributed by atoms with Crippen LogP contribution in [0.3, 0.4) is 0 Å². The van der Waals surface area contributed by atoms with Gasteiger partial charge in [0.15, 0.2) is 5.82 Å². The maximum atomic E-state index is 14.9. The van der Waals surface area contributed by atoms with Crippen molar-refractivity contribution in [3.05, 3.63) is 34.9 Å². The van der Waals surface area contributed by atoms with Crippen LogP contribution in [0.15, 0.2) is 16.7 Å². The molecule has 2 aromatic heterocycles. The first-order valence-electron chi connectivity index (χ1n) is 11.3. The van der Waals surface area contributed by atoms with E-state index < -0.39 is 17.6 Å². The summed E-state index contributed by atoms with van der Waals surface area (Å²) in [7, 11) is 0. The van der Waals surface area contributed by atoms with Crippen molar-refractivity contribution >= 4 is 16.7 Å². The molecule has 4 heterocycles. The average molecular weight is 479 g/mol. The number of aryl methyl sites for hydroxylation is 2. The Bertz CT molecular complexity index is 1200. The monoisotopic (exact) mass is 479 g/mol. The van der Waals surface area contributed by atoms with Crippen LogP contribution in [-0.2, 0) is 10.9 Å². The topological polar surface area (TPSA) is 76.3 Å². The number of piperidine rings is 1. The number of fused-ring (bicyclic) bond motifs is 1. The van der Waals surface area contributed by atoms with Crippen molar-refractivity contribution in [3.63, 3.8) is 0 Å². The van der Waals surface area contributed by atoms with E-state index in [1.54, 1.807) is 13.8 Å². The van der Waals surface area contributed by atoms with E-state index in [9.17, 15) is 17.6 Å². The third kappa shape index (κ3) is 4.34. The Morgan fingerprint density at radius 3 is 2.44 bits per heavy atom. The Kier molecular flexibility index (Phi) is 5.93. The van der Waals surface area contributed by atoms with Gasteiger partial charge in [-0.05, 0) is 50.8 Å². The van der Waals surface area contributed by atoms with Crippen LogP contribution >= 0.6 is 0 Å². The second-order valence-electron chi connectivity index (χ2n) is 8.92. The van der Waals surface area contributed by atoms with E-state index in [0.29, 0.717) is 60.6 Å². The molecule has 1 N–H and O–H groups in total. The summed E-state index contributed by atoms with van der Waals surface area (Å²) in [6.07, 6.45) is -2.01. The molecule has 0 unspecified atom stereocenters. The van der Waals surface area contributed by atoms with E-state index >= 15 is 0 Å². The van der Waals surface area contributed by atoms with Crippen LogP contribution < -0.4 is 10.2 Å². The molecule has 7 nitrogen and oxygen atoms in total. The fourth-order valence-corrected chi connectivity index (χ4v) is 4.77. The van der Waals surface area contributed by atoms with Crippen molar-refractivity contribution in [1.29, 1.82) is 0 Å². The molecule has 3 aromatic rings. The highest BCUT2D eigenvalue weighted by Crippen LogP contribution is 2.40. The summed E-state index contributed by atoms with van der Waals surface area (Å²) in [6, 6.07) is 2.10. The summed E-state index contributed by atoms with van der Waals surface area (Å²) >= 11 is 0. The summed E-state index contributed by atoms with van der Waals surface area (Å²) < 4.78 is 65.8. The molecular formula is C23H25F4N5O2. The Hall–Kier alpha value is -2.79. The van der Waals surface area contributed by atoms with Gasteiger partial charge in [-0.3, -0.25) is 0 Å². The van der Waals surface area contributed by atoms with E-state index in [4.69, 9.17) is 9.26 Å². The van der Waals surface area contributed by atoms with Gasteiger partial charge < -0.3 is 19.5 Å². The lowest BCUT2D eigenvalue weighted by Gasteiger charge is -2.35. The zero-order valence-electron chi connectivity index (χ0n) is 18.9. The minimum atomic E-state index is -4.68. The number of nitrogens with one attached hydrogen (secondary N) is 1. The normalized spacial score (nSPS) is 19.9. The van der Waals surface area contributed by atoms with Crippen LogP contribution in [0, 0.1) is 19.7 Å². The van der Waals surface area contributed by atoms with Crippen molar-refractivity contribution in [2.24, 2.45) is 0 Å². The second kappa shape index (κ2) is 8.77. The van der Waals surface area contributed by atoms with Gasteiger partial charge >= 0.3 is 6.18 Å². The molecule has 0 radical (unpaired) electrons. The number of rotatable bonds is 4. The number of benzene rings is 1. The molecular weight excluding hydrogens is 454 g/mol. The first-order valence-corrected chi connectivity index (χ1v) is 11.3. The van der Waals surface area contributed by atoms with Crippen molar-refractivity contribution in [1.82, 2.24) is 20.4 Å². The maximum absolute atomic E-state index is 14.9. The summed E-state index contributed by atoms with van der Waals surface area (Å²) in [4.78, 5) is 10.8. The minimum absolute atomic E-state index is 0.0692. The molecule has 0 saturated carbocycles. The van der Waals surface area contributed by atoms with Crippen molar-refractivity contribution in [2.45, 2.75) is 51.4 Å². The number of aromatic nitrogens is 3. The highest BCUT2D eigenvalue weighted by atomic mass is 19.4. The number of ether oxygens (including phenoxy) is 1. The number of halogens is 4. The zero-order valence-corrected chi connectivity index (χ0v) is 18.9. The van der Waals surface area contributed by atoms with E-state index in [1.165, 1.54) is 0 Å². The van der Waals surface area contributed by atoms with Crippen molar-refractivity contribution in [2.75, 3.05) is 31.2 Å². The molecule has 2 aliphatic rings. The number of alkyl halides is 3. The first-order chi connectivity index (χ1) is 16.2. The lowest BCUT2D eigenvalue weighted by molar-refractivity contribution is -0.137. The number of pyridine rings is 1. The second-order valence-corrected chi connectivity index (χ2v) is 8.92. The molecule has 0 spiro atoms. The smallest absolute Gasteiger partial charge is 0.380 e. The molecule has 1 aromatic carbocycles. The van der Waals surface area contributed by atoms with Gasteiger partial charge in [0.25, 0.3) is 5.89 Å². The van der Waals surface area contributed by atoms with Gasteiger partial charge in [0, 0.05) is 37.2 Å². The third-order valence-electron chi connectivity index (χ3n) is 6.55. The van der Waals surface area contributed by atoms with Gasteiger partial charge in [-0.2, -0.15) is 18.2 Å². The van der Waals surface area contributed by atoms with Crippen LogP contribution in [0.25, 0.3) is 22.4 Å². The van der Waals surface area contributed by atoms with Crippen LogP contribution in [0.4, 0.5) is 23.4 Å². The molecule has 0 amide bonds. The summed E-state index contributed by atoms with van der Waals surface area (Å²) in [5, 5.41) is 7.54. The Balaban J connectivity index is 1.54. The zero-order chi connectivity index (χ0) is 24.0. The van der Waals surface area contributed by atoms with Gasteiger partial charge in [0.1, 0.15) is 17.2 Å². The largest absolute Gasteiger partial charge is 0.416 e. The molecule has 2 fully saturated rings. The quantitative estimate of drug-likeness (QED) is 0.556. The van der Waals surface area contributed by atoms with Crippen LogP contribution in [0.2, 0.25) is 0 Å². The molecule has 0 bridgehead atoms. The lowest BCUT2D eigenvalue weighted by atomic mass is 9.98. The SMILES string of the molecule is Cc1noc(-c2c(N3CCC(N[C@@H]4CCOC4)CC3)nc3c(F)cc(C(F)(F)F)cc3c2C)n1. The van der Waals surface area contributed by atoms with E-state index in [2.05, 4.69) is 20.4 Å². The van der Waals surface area contributed by atoms with Crippen LogP contribution in [-0.4, -0.2) is 53.5 Å². The molecule has 0 aliphatic carbocycles. The van der Waals surface area contributed by atoms with Gasteiger partial charge in [-0.15, -0.1) is 0 Å².